The summed E-state index contributed by atoms with van der Waals surface area (Å²) in [5.41, 5.74) is 1.07. The molecule has 0 bridgehead atoms. The molecule has 49 heavy (non-hydrogen) atoms. The zero-order valence-corrected chi connectivity index (χ0v) is 26.3. The molecule has 0 atom stereocenters. The van der Waals surface area contributed by atoms with Crippen LogP contribution in [-0.2, 0) is 22.8 Å². The molecule has 1 saturated carbocycles. The standard InChI is InChI=1S/C27H31F3N6O.C4F6O2/c1-34-18-32-25-22(16-31)33-21(15-23(25)34)19-6-7-24(20(14-19)27(28,29)30)37-13-5-10-36-12-11-35(2)26(17-36)8-3-4-9-26;5-3(6,7)1(11)2(12)4(8,9)10/h6-7,14-15,18H,3-5,8-13,17H2,1-2H3;. The number of carbonyl (C=O) groups excluding carboxylic acids is 2. The Balaban J connectivity index is 0.000000386. The Bertz CT molecular complexity index is 1700. The van der Waals surface area contributed by atoms with Crippen LogP contribution >= 0.6 is 0 Å². The fraction of sp³-hybridized carbons (Fsp3) is 0.516. The molecular formula is C31H31F9N6O3. The Morgan fingerprint density at radius 3 is 2.16 bits per heavy atom. The highest BCUT2D eigenvalue weighted by atomic mass is 19.4. The van der Waals surface area contributed by atoms with Gasteiger partial charge in [-0.2, -0.15) is 44.8 Å². The Morgan fingerprint density at radius 1 is 0.959 bits per heavy atom. The SMILES string of the molecule is CN1CCN(CCCOc2ccc(-c3cc4c(ncn4C)c(C#N)n3)cc2C(F)(F)F)CC12CCCC2.O=C(C(=O)C(F)(F)F)C(F)(F)F. The molecule has 1 saturated heterocycles. The summed E-state index contributed by atoms with van der Waals surface area (Å²) in [5.74, 6) is -7.01. The lowest BCUT2D eigenvalue weighted by Gasteiger charge is -2.47. The van der Waals surface area contributed by atoms with Crippen LogP contribution in [0.3, 0.4) is 0 Å². The van der Waals surface area contributed by atoms with E-state index in [0.29, 0.717) is 17.5 Å². The first kappa shape index (κ1) is 37.6. The van der Waals surface area contributed by atoms with Gasteiger partial charge < -0.3 is 14.2 Å². The maximum Gasteiger partial charge on any atom is 0.458 e. The summed E-state index contributed by atoms with van der Waals surface area (Å²) < 4.78 is 116. The number of alkyl halides is 9. The van der Waals surface area contributed by atoms with Crippen LogP contribution in [0.2, 0.25) is 0 Å². The van der Waals surface area contributed by atoms with Crippen LogP contribution in [0, 0.1) is 11.3 Å². The minimum absolute atomic E-state index is 0.0743. The van der Waals surface area contributed by atoms with Crippen molar-refractivity contribution in [1.29, 1.82) is 5.26 Å². The first-order valence-corrected chi connectivity index (χ1v) is 15.0. The minimum atomic E-state index is -5.77. The van der Waals surface area contributed by atoms with Crippen molar-refractivity contribution in [1.82, 2.24) is 24.3 Å². The van der Waals surface area contributed by atoms with Gasteiger partial charge in [0.15, 0.2) is 5.69 Å². The fourth-order valence-electron chi connectivity index (χ4n) is 6.03. The van der Waals surface area contributed by atoms with Crippen molar-refractivity contribution in [3.05, 3.63) is 41.9 Å². The third-order valence-electron chi connectivity index (χ3n) is 8.61. The number of hydrogen-bond acceptors (Lipinski definition) is 8. The first-order chi connectivity index (χ1) is 22.8. The van der Waals surface area contributed by atoms with Crippen LogP contribution in [0.4, 0.5) is 39.5 Å². The van der Waals surface area contributed by atoms with E-state index in [-0.39, 0.29) is 34.8 Å². The molecule has 5 rings (SSSR count). The summed E-state index contributed by atoms with van der Waals surface area (Å²) >= 11 is 0. The van der Waals surface area contributed by atoms with Crippen molar-refractivity contribution >= 4 is 22.6 Å². The highest BCUT2D eigenvalue weighted by Gasteiger charge is 2.54. The van der Waals surface area contributed by atoms with E-state index in [1.165, 1.54) is 31.7 Å². The number of imidazole rings is 1. The molecule has 1 aliphatic carbocycles. The minimum Gasteiger partial charge on any atom is -0.493 e. The van der Waals surface area contributed by atoms with Crippen LogP contribution < -0.4 is 4.74 Å². The van der Waals surface area contributed by atoms with Gasteiger partial charge in [-0.25, -0.2) is 9.97 Å². The lowest BCUT2D eigenvalue weighted by atomic mass is 9.92. The number of nitrogens with zero attached hydrogens (tertiary/aromatic N) is 6. The predicted molar refractivity (Wildman–Crippen MR) is 156 cm³/mol. The van der Waals surface area contributed by atoms with Gasteiger partial charge in [-0.3, -0.25) is 14.5 Å². The smallest absolute Gasteiger partial charge is 0.458 e. The van der Waals surface area contributed by atoms with Crippen LogP contribution in [0.5, 0.6) is 5.75 Å². The number of nitriles is 1. The number of piperazine rings is 1. The molecule has 0 radical (unpaired) electrons. The number of ether oxygens (including phenoxy) is 1. The number of rotatable bonds is 7. The maximum absolute atomic E-state index is 14.0. The molecule has 266 valence electrons. The summed E-state index contributed by atoms with van der Waals surface area (Å²) in [6.45, 7) is 4.02. The fourth-order valence-corrected chi connectivity index (χ4v) is 6.03. The van der Waals surface area contributed by atoms with Crippen LogP contribution in [0.1, 0.15) is 43.4 Å². The van der Waals surface area contributed by atoms with Gasteiger partial charge in [-0.15, -0.1) is 0 Å². The molecule has 1 aliphatic heterocycles. The van der Waals surface area contributed by atoms with E-state index in [2.05, 4.69) is 26.8 Å². The molecule has 3 heterocycles. The Kier molecular flexibility index (Phi) is 11.0. The number of pyridine rings is 1. The quantitative estimate of drug-likeness (QED) is 0.165. The predicted octanol–water partition coefficient (Wildman–Crippen LogP) is 6.10. The number of fused-ring (bicyclic) bond motifs is 1. The molecule has 9 nitrogen and oxygen atoms in total. The number of hydrogen-bond donors (Lipinski definition) is 0. The van der Waals surface area contributed by atoms with E-state index in [9.17, 15) is 54.4 Å². The van der Waals surface area contributed by atoms with Crippen LogP contribution in [0.25, 0.3) is 22.3 Å². The van der Waals surface area contributed by atoms with Crippen molar-refractivity contribution in [2.24, 2.45) is 7.05 Å². The molecule has 1 spiro atoms. The summed E-state index contributed by atoms with van der Waals surface area (Å²) in [5, 5.41) is 9.46. The van der Waals surface area contributed by atoms with E-state index >= 15 is 0 Å². The largest absolute Gasteiger partial charge is 0.493 e. The van der Waals surface area contributed by atoms with Gasteiger partial charge in [0, 0.05) is 44.3 Å². The molecule has 3 aromatic rings. The van der Waals surface area contributed by atoms with Gasteiger partial charge in [0.1, 0.15) is 17.3 Å². The average molecular weight is 707 g/mol. The maximum atomic E-state index is 14.0. The van der Waals surface area contributed by atoms with E-state index in [1.807, 2.05) is 6.07 Å². The monoisotopic (exact) mass is 706 g/mol. The van der Waals surface area contributed by atoms with Gasteiger partial charge in [0.25, 0.3) is 0 Å². The molecule has 0 unspecified atom stereocenters. The Labute approximate surface area is 274 Å². The highest BCUT2D eigenvalue weighted by Crippen LogP contribution is 2.40. The number of aromatic nitrogens is 3. The highest BCUT2D eigenvalue weighted by molar-refractivity contribution is 6.41. The van der Waals surface area contributed by atoms with Crippen LogP contribution in [-0.4, -0.2) is 93.6 Å². The lowest BCUT2D eigenvalue weighted by Crippen LogP contribution is -2.59. The molecule has 18 heteroatoms. The van der Waals surface area contributed by atoms with Gasteiger partial charge in [0.05, 0.1) is 29.7 Å². The number of benzene rings is 1. The number of halogens is 9. The van der Waals surface area contributed by atoms with E-state index < -0.39 is 35.7 Å². The first-order valence-electron chi connectivity index (χ1n) is 15.0. The second-order valence-corrected chi connectivity index (χ2v) is 11.9. The Morgan fingerprint density at radius 2 is 1.59 bits per heavy atom. The van der Waals surface area contributed by atoms with Crippen molar-refractivity contribution in [3.8, 4) is 23.1 Å². The number of likely N-dealkylation sites (N-methyl/N-ethyl adjacent to an activating group) is 1. The molecule has 2 fully saturated rings. The summed E-state index contributed by atoms with van der Waals surface area (Å²) in [4.78, 5) is 32.6. The summed E-state index contributed by atoms with van der Waals surface area (Å²) in [6, 6.07) is 7.59. The normalized spacial score (nSPS) is 17.1. The van der Waals surface area contributed by atoms with Crippen molar-refractivity contribution in [2.75, 3.05) is 39.8 Å². The number of Topliss-reactive ketones (excluding diaryl/α,β-unsaturated/α-hetero) is 2. The zero-order chi connectivity index (χ0) is 36.4. The second kappa shape index (κ2) is 14.3. The molecule has 2 aliphatic rings. The molecule has 0 amide bonds. The number of aryl methyl sites for hydroxylation is 1. The van der Waals surface area contributed by atoms with Crippen LogP contribution in [0.15, 0.2) is 30.6 Å². The van der Waals surface area contributed by atoms with E-state index in [0.717, 1.165) is 32.2 Å². The molecular weight excluding hydrogens is 675 g/mol. The summed E-state index contributed by atoms with van der Waals surface area (Å²) in [6.07, 6.45) is -8.97. The molecule has 2 aromatic heterocycles. The van der Waals surface area contributed by atoms with Crippen molar-refractivity contribution in [3.63, 3.8) is 0 Å². The zero-order valence-electron chi connectivity index (χ0n) is 26.3. The number of carbonyl (C=O) groups is 2. The Hall–Kier alpha value is -4.24. The van der Waals surface area contributed by atoms with Gasteiger partial charge in [0.2, 0.25) is 0 Å². The van der Waals surface area contributed by atoms with E-state index in [1.54, 1.807) is 30.1 Å². The lowest BCUT2D eigenvalue weighted by molar-refractivity contribution is -0.193. The van der Waals surface area contributed by atoms with Gasteiger partial charge in [-0.1, -0.05) is 12.8 Å². The third kappa shape index (κ3) is 8.68. The second-order valence-electron chi connectivity index (χ2n) is 11.9. The van der Waals surface area contributed by atoms with Gasteiger partial charge in [-0.05, 0) is 50.6 Å². The summed E-state index contributed by atoms with van der Waals surface area (Å²) in [7, 11) is 3.97. The third-order valence-corrected chi connectivity index (χ3v) is 8.61. The van der Waals surface area contributed by atoms with Crippen molar-refractivity contribution in [2.45, 2.75) is 56.2 Å². The topological polar surface area (TPSA) is 104 Å². The average Bonchev–Trinajstić information content (AvgIpc) is 3.65. The molecule has 0 N–H and O–H groups in total. The molecule has 1 aromatic carbocycles. The van der Waals surface area contributed by atoms with Crippen molar-refractivity contribution < 1.29 is 53.8 Å². The number of ketones is 2. The van der Waals surface area contributed by atoms with Gasteiger partial charge >= 0.3 is 30.1 Å². The van der Waals surface area contributed by atoms with E-state index in [4.69, 9.17) is 4.74 Å².